The summed E-state index contributed by atoms with van der Waals surface area (Å²) < 4.78 is 5.84. The second-order valence-electron chi connectivity index (χ2n) is 5.05. The molecule has 0 heterocycles. The topological polar surface area (TPSA) is 29.5 Å². The SMILES string of the molecule is [CH2]C(O)CCO[Si](C)(C)C(C)(C)C. The van der Waals surface area contributed by atoms with Crippen molar-refractivity contribution in [2.45, 2.75) is 51.4 Å². The van der Waals surface area contributed by atoms with E-state index in [1.54, 1.807) is 0 Å². The third-order valence-electron chi connectivity index (χ3n) is 2.72. The lowest BCUT2D eigenvalue weighted by Gasteiger charge is -2.36. The van der Waals surface area contributed by atoms with Gasteiger partial charge in [0.2, 0.25) is 0 Å². The Morgan fingerprint density at radius 3 is 2.15 bits per heavy atom. The molecule has 13 heavy (non-hydrogen) atoms. The Morgan fingerprint density at radius 2 is 1.85 bits per heavy atom. The van der Waals surface area contributed by atoms with Crippen molar-refractivity contribution in [1.29, 1.82) is 0 Å². The summed E-state index contributed by atoms with van der Waals surface area (Å²) in [5.41, 5.74) is 0. The zero-order chi connectivity index (χ0) is 10.7. The molecular weight excluding hydrogens is 180 g/mol. The maximum Gasteiger partial charge on any atom is 0.191 e. The van der Waals surface area contributed by atoms with Gasteiger partial charge in [0.25, 0.3) is 0 Å². The molecule has 0 saturated heterocycles. The van der Waals surface area contributed by atoms with Gasteiger partial charge in [0.15, 0.2) is 8.32 Å². The van der Waals surface area contributed by atoms with Crippen molar-refractivity contribution in [1.82, 2.24) is 0 Å². The van der Waals surface area contributed by atoms with Crippen LogP contribution in [-0.4, -0.2) is 26.1 Å². The molecule has 1 radical (unpaired) electrons. The lowest BCUT2D eigenvalue weighted by atomic mass is 10.2. The first kappa shape index (κ1) is 13.1. The molecule has 0 aliphatic carbocycles. The molecule has 0 aromatic heterocycles. The van der Waals surface area contributed by atoms with Gasteiger partial charge in [-0.15, -0.1) is 0 Å². The molecule has 0 saturated carbocycles. The van der Waals surface area contributed by atoms with Gasteiger partial charge in [0.1, 0.15) is 0 Å². The van der Waals surface area contributed by atoms with Gasteiger partial charge in [-0.25, -0.2) is 0 Å². The molecule has 0 aliphatic rings. The van der Waals surface area contributed by atoms with Crippen LogP contribution in [0, 0.1) is 6.92 Å². The summed E-state index contributed by atoms with van der Waals surface area (Å²) in [6.07, 6.45) is 0.136. The highest BCUT2D eigenvalue weighted by Crippen LogP contribution is 2.36. The Morgan fingerprint density at radius 1 is 1.38 bits per heavy atom. The second kappa shape index (κ2) is 4.58. The van der Waals surface area contributed by atoms with Gasteiger partial charge in [-0.05, 0) is 31.5 Å². The van der Waals surface area contributed by atoms with Crippen LogP contribution in [-0.2, 0) is 4.43 Å². The van der Waals surface area contributed by atoms with E-state index in [1.807, 2.05) is 0 Å². The fraction of sp³-hybridized carbons (Fsp3) is 0.900. The van der Waals surface area contributed by atoms with E-state index in [9.17, 15) is 0 Å². The van der Waals surface area contributed by atoms with Crippen LogP contribution in [0.25, 0.3) is 0 Å². The first-order valence-electron chi connectivity index (χ1n) is 4.82. The van der Waals surface area contributed by atoms with Crippen molar-refractivity contribution in [3.63, 3.8) is 0 Å². The quantitative estimate of drug-likeness (QED) is 0.712. The fourth-order valence-electron chi connectivity index (χ4n) is 0.667. The molecule has 1 N–H and O–H groups in total. The average Bonchev–Trinajstić information content (AvgIpc) is 1.82. The molecular formula is C10H23O2Si. The Bertz CT molecular complexity index is 147. The summed E-state index contributed by atoms with van der Waals surface area (Å²) in [7, 11) is -1.61. The Balaban J connectivity index is 3.90. The highest BCUT2D eigenvalue weighted by molar-refractivity contribution is 6.74. The first-order valence-corrected chi connectivity index (χ1v) is 7.73. The molecule has 79 valence electrons. The van der Waals surface area contributed by atoms with Gasteiger partial charge in [0, 0.05) is 6.61 Å². The maximum absolute atomic E-state index is 8.98. The fourth-order valence-corrected chi connectivity index (χ4v) is 1.73. The number of hydrogen-bond acceptors (Lipinski definition) is 2. The van der Waals surface area contributed by atoms with Crippen LogP contribution in [0.2, 0.25) is 18.1 Å². The lowest BCUT2D eigenvalue weighted by molar-refractivity contribution is 0.170. The predicted molar refractivity (Wildman–Crippen MR) is 59.1 cm³/mol. The standard InChI is InChI=1S/C10H23O2Si/c1-9(11)7-8-12-13(5,6)10(2,3)4/h9,11H,1,7-8H2,2-6H3. The zero-order valence-corrected chi connectivity index (χ0v) is 10.6. The van der Waals surface area contributed by atoms with E-state index in [0.717, 1.165) is 0 Å². The molecule has 0 bridgehead atoms. The lowest BCUT2D eigenvalue weighted by Crippen LogP contribution is -2.41. The van der Waals surface area contributed by atoms with Crippen LogP contribution < -0.4 is 0 Å². The molecule has 0 aromatic carbocycles. The minimum absolute atomic E-state index is 0.249. The van der Waals surface area contributed by atoms with Crippen LogP contribution in [0.3, 0.4) is 0 Å². The highest BCUT2D eigenvalue weighted by atomic mass is 28.4. The zero-order valence-electron chi connectivity index (χ0n) is 9.55. The summed E-state index contributed by atoms with van der Waals surface area (Å²) >= 11 is 0. The van der Waals surface area contributed by atoms with E-state index in [4.69, 9.17) is 9.53 Å². The minimum atomic E-state index is -1.61. The average molecular weight is 203 g/mol. The van der Waals surface area contributed by atoms with Crippen LogP contribution in [0.15, 0.2) is 0 Å². The number of rotatable bonds is 4. The molecule has 0 fully saturated rings. The molecule has 0 spiro atoms. The molecule has 0 amide bonds. The van der Waals surface area contributed by atoms with Crippen LogP contribution in [0.1, 0.15) is 27.2 Å². The summed E-state index contributed by atoms with van der Waals surface area (Å²) in [6.45, 7) is 15.2. The monoisotopic (exact) mass is 203 g/mol. The van der Waals surface area contributed by atoms with E-state index < -0.39 is 14.4 Å². The third-order valence-corrected chi connectivity index (χ3v) is 7.26. The highest BCUT2D eigenvalue weighted by Gasteiger charge is 2.36. The van der Waals surface area contributed by atoms with E-state index in [1.165, 1.54) is 0 Å². The van der Waals surface area contributed by atoms with Crippen molar-refractivity contribution < 1.29 is 9.53 Å². The summed E-state index contributed by atoms with van der Waals surface area (Å²) in [4.78, 5) is 0. The van der Waals surface area contributed by atoms with Crippen LogP contribution in [0.4, 0.5) is 0 Å². The normalized spacial score (nSPS) is 15.9. The van der Waals surface area contributed by atoms with Crippen molar-refractivity contribution in [3.05, 3.63) is 6.92 Å². The van der Waals surface area contributed by atoms with E-state index in [0.29, 0.717) is 13.0 Å². The Hall–Kier alpha value is 0.137. The first-order chi connectivity index (χ1) is 5.67. The molecule has 0 aromatic rings. The van der Waals surface area contributed by atoms with Crippen LogP contribution >= 0.6 is 0 Å². The minimum Gasteiger partial charge on any atom is -0.417 e. The van der Waals surface area contributed by atoms with Gasteiger partial charge in [-0.2, -0.15) is 0 Å². The largest absolute Gasteiger partial charge is 0.417 e. The number of aliphatic hydroxyl groups is 1. The van der Waals surface area contributed by atoms with Gasteiger partial charge >= 0.3 is 0 Å². The predicted octanol–water partition coefficient (Wildman–Crippen LogP) is 2.59. The van der Waals surface area contributed by atoms with Crippen molar-refractivity contribution in [3.8, 4) is 0 Å². The molecule has 1 atom stereocenters. The molecule has 1 unspecified atom stereocenters. The van der Waals surface area contributed by atoms with Gasteiger partial charge in [-0.3, -0.25) is 0 Å². The van der Waals surface area contributed by atoms with Gasteiger partial charge in [-0.1, -0.05) is 20.8 Å². The van der Waals surface area contributed by atoms with Gasteiger partial charge in [0.05, 0.1) is 6.10 Å². The summed E-state index contributed by atoms with van der Waals surface area (Å²) in [5, 5.41) is 9.23. The molecule has 0 aliphatic heterocycles. The second-order valence-corrected chi connectivity index (χ2v) is 9.86. The summed E-state index contributed by atoms with van der Waals surface area (Å²) in [5.74, 6) is 0. The smallest absolute Gasteiger partial charge is 0.191 e. The van der Waals surface area contributed by atoms with Crippen molar-refractivity contribution in [2.24, 2.45) is 0 Å². The Kier molecular flexibility index (Phi) is 4.62. The van der Waals surface area contributed by atoms with Crippen molar-refractivity contribution in [2.75, 3.05) is 6.61 Å². The molecule has 0 rings (SSSR count). The third kappa shape index (κ3) is 4.79. The van der Waals surface area contributed by atoms with E-state index in [2.05, 4.69) is 40.8 Å². The number of aliphatic hydroxyl groups excluding tert-OH is 1. The van der Waals surface area contributed by atoms with E-state index >= 15 is 0 Å². The number of hydrogen-bond donors (Lipinski definition) is 1. The van der Waals surface area contributed by atoms with E-state index in [-0.39, 0.29) is 5.04 Å². The maximum atomic E-state index is 8.98. The Labute approximate surface area is 83.4 Å². The van der Waals surface area contributed by atoms with Gasteiger partial charge < -0.3 is 9.53 Å². The van der Waals surface area contributed by atoms with Crippen LogP contribution in [0.5, 0.6) is 0 Å². The molecule has 2 nitrogen and oxygen atoms in total. The molecule has 3 heteroatoms. The summed E-state index contributed by atoms with van der Waals surface area (Å²) in [6, 6.07) is 0. The van der Waals surface area contributed by atoms with Crippen molar-refractivity contribution >= 4 is 8.32 Å².